The highest BCUT2D eigenvalue weighted by molar-refractivity contribution is 6.05. The van der Waals surface area contributed by atoms with Gasteiger partial charge in [0.05, 0.1) is 159 Å². The average molecular weight is 1370 g/mol. The molecule has 96 heavy (non-hydrogen) atoms. The molecule has 0 radical (unpaired) electrons. The van der Waals surface area contributed by atoms with Crippen molar-refractivity contribution in [2.75, 3.05) is 165 Å². The van der Waals surface area contributed by atoms with Crippen molar-refractivity contribution in [1.29, 1.82) is 0 Å². The van der Waals surface area contributed by atoms with Crippen molar-refractivity contribution in [3.05, 3.63) is 35.9 Å². The number of likely N-dealkylation sites (tertiary alicyclic amines) is 1. The van der Waals surface area contributed by atoms with Crippen LogP contribution in [0.3, 0.4) is 0 Å². The zero-order chi connectivity index (χ0) is 69.3. The molecule has 4 N–H and O–H groups in total. The zero-order valence-electron chi connectivity index (χ0n) is 58.0. The number of carbonyl (C=O) groups is 7. The molecule has 25 nitrogen and oxygen atoms in total. The molecule has 554 valence electrons. The Morgan fingerprint density at radius 1 is 0.396 bits per heavy atom. The van der Waals surface area contributed by atoms with E-state index in [1.165, 1.54) is 38.5 Å². The van der Waals surface area contributed by atoms with Crippen molar-refractivity contribution in [3.63, 3.8) is 0 Å². The van der Waals surface area contributed by atoms with E-state index in [1.54, 1.807) is 0 Å². The van der Waals surface area contributed by atoms with Crippen LogP contribution in [0, 0.1) is 5.41 Å². The van der Waals surface area contributed by atoms with Gasteiger partial charge in [-0.3, -0.25) is 33.7 Å². The molecule has 1 aromatic carbocycles. The van der Waals surface area contributed by atoms with E-state index in [0.29, 0.717) is 171 Å². The molecule has 0 aliphatic carbocycles. The van der Waals surface area contributed by atoms with Crippen LogP contribution in [-0.2, 0) is 102 Å². The Morgan fingerprint density at radius 2 is 0.698 bits per heavy atom. The molecular weight excluding hydrogens is 1250 g/mol. The Balaban J connectivity index is 1.41. The van der Waals surface area contributed by atoms with Crippen molar-refractivity contribution < 1.29 is 110 Å². The summed E-state index contributed by atoms with van der Waals surface area (Å²) in [5.41, 5.74) is -0.476. The van der Waals surface area contributed by atoms with Crippen molar-refractivity contribution in [2.24, 2.45) is 5.41 Å². The number of carboxylic acids is 3. The highest BCUT2D eigenvalue weighted by Gasteiger charge is 2.45. The van der Waals surface area contributed by atoms with Gasteiger partial charge >= 0.3 is 23.9 Å². The Hall–Kier alpha value is -4.77. The summed E-state index contributed by atoms with van der Waals surface area (Å²) in [7, 11) is 0. The lowest BCUT2D eigenvalue weighted by Gasteiger charge is -2.28. The van der Waals surface area contributed by atoms with E-state index in [4.69, 9.17) is 66.7 Å². The average Bonchev–Trinajstić information content (AvgIpc) is 0.903. The molecule has 0 bridgehead atoms. The van der Waals surface area contributed by atoms with Gasteiger partial charge in [-0.25, -0.2) is 4.79 Å². The number of aliphatic carboxylic acids is 3. The van der Waals surface area contributed by atoms with Crippen LogP contribution in [0.25, 0.3) is 0 Å². The van der Waals surface area contributed by atoms with Gasteiger partial charge in [0.25, 0.3) is 0 Å². The highest BCUT2D eigenvalue weighted by atomic mass is 16.6. The van der Waals surface area contributed by atoms with Crippen molar-refractivity contribution in [2.45, 2.75) is 205 Å². The second kappa shape index (κ2) is 63.7. The minimum atomic E-state index is -1.48. The van der Waals surface area contributed by atoms with Crippen LogP contribution in [0.2, 0.25) is 0 Å². The number of nitrogens with one attached hydrogen (secondary N) is 1. The Morgan fingerprint density at radius 3 is 1.02 bits per heavy atom. The maximum Gasteiger partial charge on any atom is 0.329 e. The highest BCUT2D eigenvalue weighted by Crippen LogP contribution is 2.33. The van der Waals surface area contributed by atoms with E-state index in [9.17, 15) is 43.8 Å². The minimum Gasteiger partial charge on any atom is -0.481 e. The number of hydrogen-bond acceptors (Lipinski definition) is 20. The van der Waals surface area contributed by atoms with Crippen LogP contribution in [0.15, 0.2) is 30.3 Å². The summed E-state index contributed by atoms with van der Waals surface area (Å²) in [5, 5.41) is 31.7. The molecule has 2 atom stereocenters. The Bertz CT molecular complexity index is 2060. The Labute approximate surface area is 571 Å². The molecule has 1 aliphatic rings. The first-order valence-corrected chi connectivity index (χ1v) is 35.9. The van der Waals surface area contributed by atoms with Crippen molar-refractivity contribution in [3.8, 4) is 0 Å². The summed E-state index contributed by atoms with van der Waals surface area (Å²) < 4.78 is 71.6. The molecular formula is C71H122N2O23. The van der Waals surface area contributed by atoms with E-state index in [0.717, 1.165) is 113 Å². The molecule has 2 unspecified atom stereocenters. The first-order chi connectivity index (χ1) is 47.0. The molecule has 0 saturated carbocycles. The van der Waals surface area contributed by atoms with Crippen LogP contribution in [0.4, 0.5) is 0 Å². The molecule has 3 amide bonds. The minimum absolute atomic E-state index is 0.0147. The van der Waals surface area contributed by atoms with Crippen LogP contribution in [0.5, 0.6) is 0 Å². The van der Waals surface area contributed by atoms with E-state index in [1.807, 2.05) is 30.3 Å². The van der Waals surface area contributed by atoms with Gasteiger partial charge in [0, 0.05) is 32.2 Å². The van der Waals surface area contributed by atoms with Gasteiger partial charge in [-0.1, -0.05) is 172 Å². The smallest absolute Gasteiger partial charge is 0.329 e. The monoisotopic (exact) mass is 1370 g/mol. The number of rotatable bonds is 74. The van der Waals surface area contributed by atoms with Gasteiger partial charge in [0.15, 0.2) is 6.04 Å². The largest absolute Gasteiger partial charge is 0.481 e. The normalized spacial score (nSPS) is 13.4. The second-order valence-electron chi connectivity index (χ2n) is 24.0. The quantitative estimate of drug-likeness (QED) is 0.0204. The van der Waals surface area contributed by atoms with E-state index < -0.39 is 47.1 Å². The molecule has 2 rings (SSSR count). The fourth-order valence-electron chi connectivity index (χ4n) is 10.6. The lowest BCUT2D eigenvalue weighted by atomic mass is 9.76. The van der Waals surface area contributed by atoms with Gasteiger partial charge in [-0.15, -0.1) is 0 Å². The number of unbranched alkanes of at least 4 members (excludes halogenated alkanes) is 22. The first kappa shape index (κ1) is 87.3. The van der Waals surface area contributed by atoms with Gasteiger partial charge in [-0.05, 0) is 31.2 Å². The van der Waals surface area contributed by atoms with E-state index >= 15 is 0 Å². The standard InChI is InChI=1S/C71H122N2O23/c74-64-32-33-65(75)73(64)63(68(79)80)61-95-59-58-94-57-56-93-55-54-92-53-52-91-51-50-90-49-48-89-47-46-88-45-44-87-43-42-86-41-40-85-39-38-84-37-36-72-69(81)71(70(82)83,34-26-19-15-11-7-3-1-5-9-13-17-24-30-66(76)77)35-27-20-16-12-8-4-2-6-10-14-18-25-31-67(78)96-60-62-28-22-21-23-29-62/h21-23,28-29,63H,1-20,24-27,30-61H2,(H,72,81)(H,76,77)(H,79,80)(H,82,83). The van der Waals surface area contributed by atoms with E-state index in [-0.39, 0.29) is 58.2 Å². The number of nitrogens with zero attached hydrogens (tertiary/aromatic N) is 1. The molecule has 0 aromatic heterocycles. The summed E-state index contributed by atoms with van der Waals surface area (Å²) in [4.78, 5) is 85.4. The fraction of sp³-hybridized carbons (Fsp3) is 0.817. The number of esters is 1. The van der Waals surface area contributed by atoms with Crippen molar-refractivity contribution in [1.82, 2.24) is 10.2 Å². The van der Waals surface area contributed by atoms with Gasteiger partial charge < -0.3 is 82.2 Å². The molecule has 1 aliphatic heterocycles. The fourth-order valence-corrected chi connectivity index (χ4v) is 10.6. The topological polar surface area (TPSA) is 315 Å². The van der Waals surface area contributed by atoms with E-state index in [2.05, 4.69) is 5.32 Å². The summed E-state index contributed by atoms with van der Waals surface area (Å²) in [6.45, 7) is 8.80. The SMILES string of the molecule is O=C(O)CCCCCCCCCCCCCCC(CCCCCCCCCCCCCCC(=O)OCc1ccccc1)(C(=O)O)C(=O)NCCOCCOCCOCCOCCOCCOCCOCCOCCOCCOCCOCCOCC(C(=O)O)N1C(=O)CCC1=O. The lowest BCUT2D eigenvalue weighted by Crippen LogP contribution is -2.47. The number of carboxylic acid groups (broad SMARTS) is 3. The van der Waals surface area contributed by atoms with Gasteiger partial charge in [0.2, 0.25) is 17.7 Å². The second-order valence-corrected chi connectivity index (χ2v) is 24.0. The van der Waals surface area contributed by atoms with Crippen LogP contribution in [0.1, 0.15) is 198 Å². The van der Waals surface area contributed by atoms with Crippen LogP contribution < -0.4 is 5.32 Å². The number of hydrogen-bond donors (Lipinski definition) is 4. The third-order valence-electron chi connectivity index (χ3n) is 16.2. The summed E-state index contributed by atoms with van der Waals surface area (Å²) in [6, 6.07) is 8.39. The maximum atomic E-state index is 13.8. The number of benzene rings is 1. The molecule has 0 spiro atoms. The summed E-state index contributed by atoms with van der Waals surface area (Å²) in [5.74, 6) is -4.65. The predicted octanol–water partition coefficient (Wildman–Crippen LogP) is 9.73. The van der Waals surface area contributed by atoms with Crippen molar-refractivity contribution >= 4 is 41.6 Å². The number of amides is 3. The van der Waals surface area contributed by atoms with Crippen LogP contribution in [-0.4, -0.2) is 233 Å². The zero-order valence-corrected chi connectivity index (χ0v) is 58.0. The third-order valence-corrected chi connectivity index (χ3v) is 16.2. The first-order valence-electron chi connectivity index (χ1n) is 35.9. The summed E-state index contributed by atoms with van der Waals surface area (Å²) in [6.07, 6.45) is 26.2. The number of imide groups is 1. The molecule has 1 heterocycles. The molecule has 25 heteroatoms. The summed E-state index contributed by atoms with van der Waals surface area (Å²) >= 11 is 0. The lowest BCUT2D eigenvalue weighted by molar-refractivity contribution is -0.157. The molecule has 1 aromatic rings. The van der Waals surface area contributed by atoms with Crippen LogP contribution >= 0.6 is 0 Å². The molecule has 1 fully saturated rings. The van der Waals surface area contributed by atoms with Gasteiger partial charge in [0.1, 0.15) is 12.0 Å². The Kier molecular flexibility index (Phi) is 57.9. The number of ether oxygens (including phenoxy) is 13. The maximum absolute atomic E-state index is 13.8. The number of carbonyl (C=O) groups excluding carboxylic acids is 4. The van der Waals surface area contributed by atoms with Gasteiger partial charge in [-0.2, -0.15) is 0 Å². The third kappa shape index (κ3) is 49.7. The predicted molar refractivity (Wildman–Crippen MR) is 359 cm³/mol. The molecule has 1 saturated heterocycles.